The van der Waals surface area contributed by atoms with Crippen LogP contribution in [0.3, 0.4) is 0 Å². The van der Waals surface area contributed by atoms with Gasteiger partial charge in [0.15, 0.2) is 0 Å². The van der Waals surface area contributed by atoms with Crippen LogP contribution < -0.4 is 4.74 Å². The van der Waals surface area contributed by atoms with Crippen LogP contribution in [-0.4, -0.2) is 40.2 Å². The zero-order valence-corrected chi connectivity index (χ0v) is 19.1. The maximum atomic E-state index is 11.1. The van der Waals surface area contributed by atoms with E-state index in [1.54, 1.807) is 0 Å². The quantitative estimate of drug-likeness (QED) is 0.685. The van der Waals surface area contributed by atoms with Gasteiger partial charge >= 0.3 is 5.97 Å². The lowest BCUT2D eigenvalue weighted by Gasteiger charge is -2.37. The second kappa shape index (κ2) is 9.15. The average molecular weight is 425 g/mol. The van der Waals surface area contributed by atoms with E-state index in [1.165, 1.54) is 18.2 Å². The SMILES string of the molecule is CC(C)(C)C1CCC(Oc2ccc3cc(CN4CCC(C(=O)O)CC4)ncc3c2)CC1. The van der Waals surface area contributed by atoms with Crippen molar-refractivity contribution in [1.82, 2.24) is 9.88 Å². The predicted octanol–water partition coefficient (Wildman–Crippen LogP) is 5.52. The first-order valence-corrected chi connectivity index (χ1v) is 11.8. The van der Waals surface area contributed by atoms with E-state index in [-0.39, 0.29) is 5.92 Å². The third kappa shape index (κ3) is 5.57. The van der Waals surface area contributed by atoms with Crippen molar-refractivity contribution in [3.8, 4) is 5.75 Å². The van der Waals surface area contributed by atoms with Gasteiger partial charge in [-0.15, -0.1) is 0 Å². The Labute approximate surface area is 185 Å². The number of hydrogen-bond donors (Lipinski definition) is 1. The number of carboxylic acid groups (broad SMARTS) is 1. The molecule has 1 saturated carbocycles. The molecule has 0 atom stereocenters. The first-order valence-electron chi connectivity index (χ1n) is 11.8. The molecule has 1 aliphatic heterocycles. The van der Waals surface area contributed by atoms with Crippen LogP contribution in [0, 0.1) is 17.3 Å². The highest BCUT2D eigenvalue weighted by atomic mass is 16.5. The third-order valence-corrected chi connectivity index (χ3v) is 7.27. The second-order valence-corrected chi connectivity index (χ2v) is 10.5. The lowest BCUT2D eigenvalue weighted by atomic mass is 9.72. The molecule has 1 aliphatic carbocycles. The lowest BCUT2D eigenvalue weighted by Crippen LogP contribution is -2.36. The minimum absolute atomic E-state index is 0.192. The third-order valence-electron chi connectivity index (χ3n) is 7.27. The minimum atomic E-state index is -0.663. The molecule has 2 heterocycles. The van der Waals surface area contributed by atoms with Crippen molar-refractivity contribution in [2.75, 3.05) is 13.1 Å². The Morgan fingerprint density at radius 1 is 1.06 bits per heavy atom. The number of aromatic nitrogens is 1. The van der Waals surface area contributed by atoms with Crippen molar-refractivity contribution in [1.29, 1.82) is 0 Å². The van der Waals surface area contributed by atoms with Crippen LogP contribution in [0.5, 0.6) is 5.75 Å². The summed E-state index contributed by atoms with van der Waals surface area (Å²) in [7, 11) is 0. The Bertz CT molecular complexity index is 904. The molecule has 0 unspecified atom stereocenters. The molecule has 2 aromatic rings. The van der Waals surface area contributed by atoms with E-state index in [1.807, 2.05) is 6.20 Å². The van der Waals surface area contributed by atoms with Gasteiger partial charge in [0.25, 0.3) is 0 Å². The van der Waals surface area contributed by atoms with Gasteiger partial charge < -0.3 is 9.84 Å². The molecular weight excluding hydrogens is 388 g/mol. The Balaban J connectivity index is 1.34. The Hall–Kier alpha value is -2.14. The van der Waals surface area contributed by atoms with Gasteiger partial charge in [0.05, 0.1) is 17.7 Å². The number of carboxylic acids is 1. The predicted molar refractivity (Wildman–Crippen MR) is 123 cm³/mol. The molecule has 4 rings (SSSR count). The molecule has 0 radical (unpaired) electrons. The zero-order valence-electron chi connectivity index (χ0n) is 19.1. The Kier molecular flexibility index (Phi) is 6.52. The molecule has 5 nitrogen and oxygen atoms in total. The van der Waals surface area contributed by atoms with E-state index in [0.29, 0.717) is 11.5 Å². The number of benzene rings is 1. The summed E-state index contributed by atoms with van der Waals surface area (Å²) in [5, 5.41) is 11.4. The number of pyridine rings is 1. The highest BCUT2D eigenvalue weighted by Crippen LogP contribution is 2.39. The van der Waals surface area contributed by atoms with Crippen molar-refractivity contribution < 1.29 is 14.6 Å². The fourth-order valence-electron chi connectivity index (χ4n) is 5.13. The van der Waals surface area contributed by atoms with Crippen LogP contribution in [0.4, 0.5) is 0 Å². The van der Waals surface area contributed by atoms with E-state index < -0.39 is 5.97 Å². The first kappa shape index (κ1) is 22.1. The number of ether oxygens (including phenoxy) is 1. The summed E-state index contributed by atoms with van der Waals surface area (Å²) in [6, 6.07) is 8.48. The monoisotopic (exact) mass is 424 g/mol. The van der Waals surface area contributed by atoms with E-state index >= 15 is 0 Å². The molecule has 0 bridgehead atoms. The maximum absolute atomic E-state index is 11.1. The largest absolute Gasteiger partial charge is 0.490 e. The number of fused-ring (bicyclic) bond motifs is 1. The first-order chi connectivity index (χ1) is 14.8. The molecule has 1 N–H and O–H groups in total. The fraction of sp³-hybridized carbons (Fsp3) is 0.615. The number of nitrogens with zero attached hydrogens (tertiary/aromatic N) is 2. The molecule has 2 fully saturated rings. The molecule has 5 heteroatoms. The van der Waals surface area contributed by atoms with Gasteiger partial charge in [-0.25, -0.2) is 0 Å². The highest BCUT2D eigenvalue weighted by Gasteiger charge is 2.30. The van der Waals surface area contributed by atoms with Gasteiger partial charge in [-0.05, 0) is 86.5 Å². The van der Waals surface area contributed by atoms with E-state index in [2.05, 4.69) is 54.9 Å². The number of carbonyl (C=O) groups is 1. The van der Waals surface area contributed by atoms with E-state index in [9.17, 15) is 4.79 Å². The van der Waals surface area contributed by atoms with Crippen molar-refractivity contribution in [2.24, 2.45) is 17.3 Å². The molecule has 0 spiro atoms. The van der Waals surface area contributed by atoms with Crippen LogP contribution in [0.15, 0.2) is 30.5 Å². The average Bonchev–Trinajstić information content (AvgIpc) is 2.74. The van der Waals surface area contributed by atoms with Crippen molar-refractivity contribution in [3.05, 3.63) is 36.2 Å². The van der Waals surface area contributed by atoms with Gasteiger partial charge in [-0.2, -0.15) is 0 Å². The normalized spacial score (nSPS) is 23.7. The number of piperidine rings is 1. The molecule has 31 heavy (non-hydrogen) atoms. The number of likely N-dealkylation sites (tertiary alicyclic amines) is 1. The highest BCUT2D eigenvalue weighted by molar-refractivity contribution is 5.83. The van der Waals surface area contributed by atoms with Gasteiger partial charge in [-0.1, -0.05) is 26.8 Å². The summed E-state index contributed by atoms with van der Waals surface area (Å²) in [5.74, 6) is 0.880. The molecule has 1 aromatic heterocycles. The molecule has 2 aliphatic rings. The standard InChI is InChI=1S/C26H36N2O3/c1-26(2,3)21-5-8-23(9-6-21)31-24-7-4-19-14-22(27-16-20(19)15-24)17-28-12-10-18(11-13-28)25(29)30/h4,7,14-16,18,21,23H,5-6,8-13,17H2,1-3H3,(H,29,30). The van der Waals surface area contributed by atoms with Crippen LogP contribution in [-0.2, 0) is 11.3 Å². The van der Waals surface area contributed by atoms with Crippen LogP contribution >= 0.6 is 0 Å². The second-order valence-electron chi connectivity index (χ2n) is 10.5. The van der Waals surface area contributed by atoms with Gasteiger partial charge in [0.1, 0.15) is 5.75 Å². The van der Waals surface area contributed by atoms with E-state index in [0.717, 1.165) is 68.1 Å². The van der Waals surface area contributed by atoms with Gasteiger partial charge in [0, 0.05) is 18.1 Å². The summed E-state index contributed by atoms with van der Waals surface area (Å²) >= 11 is 0. The van der Waals surface area contributed by atoms with E-state index in [4.69, 9.17) is 9.84 Å². The van der Waals surface area contributed by atoms with Crippen molar-refractivity contribution in [2.45, 2.75) is 71.9 Å². The number of aliphatic carboxylic acids is 1. The number of hydrogen-bond acceptors (Lipinski definition) is 4. The summed E-state index contributed by atoms with van der Waals surface area (Å²) < 4.78 is 6.32. The smallest absolute Gasteiger partial charge is 0.306 e. The zero-order chi connectivity index (χ0) is 22.0. The summed E-state index contributed by atoms with van der Waals surface area (Å²) in [4.78, 5) is 18.1. The molecule has 1 aromatic carbocycles. The summed E-state index contributed by atoms with van der Waals surface area (Å²) in [6.07, 6.45) is 8.47. The maximum Gasteiger partial charge on any atom is 0.306 e. The van der Waals surface area contributed by atoms with Crippen molar-refractivity contribution >= 4 is 16.7 Å². The fourth-order valence-corrected chi connectivity index (χ4v) is 5.13. The number of rotatable bonds is 5. The van der Waals surface area contributed by atoms with Crippen LogP contribution in [0.1, 0.15) is 65.0 Å². The van der Waals surface area contributed by atoms with Crippen LogP contribution in [0.25, 0.3) is 10.8 Å². The summed E-state index contributed by atoms with van der Waals surface area (Å²) in [6.45, 7) is 9.46. The summed E-state index contributed by atoms with van der Waals surface area (Å²) in [5.41, 5.74) is 1.43. The minimum Gasteiger partial charge on any atom is -0.490 e. The molecule has 168 valence electrons. The van der Waals surface area contributed by atoms with Gasteiger partial charge in [-0.3, -0.25) is 14.7 Å². The molecule has 1 saturated heterocycles. The van der Waals surface area contributed by atoms with Crippen molar-refractivity contribution in [3.63, 3.8) is 0 Å². The van der Waals surface area contributed by atoms with Crippen LogP contribution in [0.2, 0.25) is 0 Å². The Morgan fingerprint density at radius 3 is 2.42 bits per heavy atom. The Morgan fingerprint density at radius 2 is 1.77 bits per heavy atom. The molecule has 0 amide bonds. The van der Waals surface area contributed by atoms with Gasteiger partial charge in [0.2, 0.25) is 0 Å². The lowest BCUT2D eigenvalue weighted by molar-refractivity contribution is -0.143. The topological polar surface area (TPSA) is 62.7 Å². The molecular formula is C26H36N2O3.